The van der Waals surface area contributed by atoms with Gasteiger partial charge in [0.1, 0.15) is 5.75 Å². The van der Waals surface area contributed by atoms with E-state index in [1.165, 1.54) is 0 Å². The Morgan fingerprint density at radius 1 is 1.60 bits per heavy atom. The minimum atomic E-state index is -0.354. The standard InChI is InChI=1S/C15H20BrNO3/c1-10(18)11-5-6-17(9-11)15(19)8-12-7-13(16)3-4-14(12)20-2/h3-4,7,10-11,18H,5-6,8-9H2,1-2H3. The zero-order valence-corrected chi connectivity index (χ0v) is 13.4. The number of rotatable bonds is 4. The Kier molecular flexibility index (Phi) is 5.05. The maximum Gasteiger partial charge on any atom is 0.227 e. The van der Waals surface area contributed by atoms with E-state index in [9.17, 15) is 9.90 Å². The number of carbonyl (C=O) groups is 1. The largest absolute Gasteiger partial charge is 0.496 e. The molecule has 20 heavy (non-hydrogen) atoms. The van der Waals surface area contributed by atoms with Crippen molar-refractivity contribution < 1.29 is 14.6 Å². The third-order valence-corrected chi connectivity index (χ3v) is 4.34. The zero-order chi connectivity index (χ0) is 14.7. The third kappa shape index (κ3) is 3.52. The van der Waals surface area contributed by atoms with Gasteiger partial charge in [0, 0.05) is 29.0 Å². The predicted molar refractivity (Wildman–Crippen MR) is 80.8 cm³/mol. The van der Waals surface area contributed by atoms with Crippen LogP contribution in [0.15, 0.2) is 22.7 Å². The molecule has 0 radical (unpaired) electrons. The van der Waals surface area contributed by atoms with Crippen LogP contribution in [0.3, 0.4) is 0 Å². The molecule has 0 aromatic heterocycles. The fourth-order valence-electron chi connectivity index (χ4n) is 2.57. The van der Waals surface area contributed by atoms with Crippen LogP contribution < -0.4 is 4.74 Å². The molecule has 1 aliphatic rings. The van der Waals surface area contributed by atoms with Crippen LogP contribution in [0, 0.1) is 5.92 Å². The van der Waals surface area contributed by atoms with E-state index in [1.54, 1.807) is 14.0 Å². The lowest BCUT2D eigenvalue weighted by atomic mass is 10.0. The minimum absolute atomic E-state index is 0.0875. The lowest BCUT2D eigenvalue weighted by molar-refractivity contribution is -0.129. The van der Waals surface area contributed by atoms with Crippen molar-refractivity contribution in [1.82, 2.24) is 4.90 Å². The second kappa shape index (κ2) is 6.59. The van der Waals surface area contributed by atoms with Gasteiger partial charge in [-0.3, -0.25) is 4.79 Å². The molecule has 1 heterocycles. The van der Waals surface area contributed by atoms with Gasteiger partial charge in [-0.05, 0) is 31.5 Å². The summed E-state index contributed by atoms with van der Waals surface area (Å²) in [5.41, 5.74) is 0.882. The first-order valence-electron chi connectivity index (χ1n) is 6.79. The molecule has 4 nitrogen and oxygen atoms in total. The van der Waals surface area contributed by atoms with Crippen molar-refractivity contribution in [2.75, 3.05) is 20.2 Å². The minimum Gasteiger partial charge on any atom is -0.496 e. The van der Waals surface area contributed by atoms with Crippen LogP contribution in [0.5, 0.6) is 5.75 Å². The fraction of sp³-hybridized carbons (Fsp3) is 0.533. The number of benzene rings is 1. The number of carbonyl (C=O) groups excluding carboxylic acids is 1. The molecule has 2 rings (SSSR count). The Balaban J connectivity index is 2.03. The molecule has 0 spiro atoms. The summed E-state index contributed by atoms with van der Waals surface area (Å²) in [5, 5.41) is 9.60. The maximum absolute atomic E-state index is 12.3. The van der Waals surface area contributed by atoms with Crippen molar-refractivity contribution in [1.29, 1.82) is 0 Å². The van der Waals surface area contributed by atoms with Gasteiger partial charge in [0.15, 0.2) is 0 Å². The van der Waals surface area contributed by atoms with E-state index >= 15 is 0 Å². The number of aliphatic hydroxyl groups excluding tert-OH is 1. The Bertz CT molecular complexity index is 490. The zero-order valence-electron chi connectivity index (χ0n) is 11.8. The highest BCUT2D eigenvalue weighted by molar-refractivity contribution is 9.10. The highest BCUT2D eigenvalue weighted by atomic mass is 79.9. The van der Waals surface area contributed by atoms with E-state index in [1.807, 2.05) is 23.1 Å². The Labute approximate surface area is 127 Å². The Morgan fingerprint density at radius 2 is 2.35 bits per heavy atom. The van der Waals surface area contributed by atoms with Gasteiger partial charge < -0.3 is 14.7 Å². The lowest BCUT2D eigenvalue weighted by Crippen LogP contribution is -2.31. The van der Waals surface area contributed by atoms with Gasteiger partial charge in [0.05, 0.1) is 19.6 Å². The van der Waals surface area contributed by atoms with Gasteiger partial charge in [-0.15, -0.1) is 0 Å². The maximum atomic E-state index is 12.3. The van der Waals surface area contributed by atoms with Crippen molar-refractivity contribution >= 4 is 21.8 Å². The second-order valence-corrected chi connectivity index (χ2v) is 6.18. The summed E-state index contributed by atoms with van der Waals surface area (Å²) in [5.74, 6) is 1.01. The third-order valence-electron chi connectivity index (χ3n) is 3.84. The molecule has 0 aliphatic carbocycles. The van der Waals surface area contributed by atoms with Crippen molar-refractivity contribution in [2.24, 2.45) is 5.92 Å². The van der Waals surface area contributed by atoms with E-state index in [-0.39, 0.29) is 17.9 Å². The number of likely N-dealkylation sites (tertiary alicyclic amines) is 1. The van der Waals surface area contributed by atoms with Gasteiger partial charge in [-0.1, -0.05) is 15.9 Å². The van der Waals surface area contributed by atoms with Gasteiger partial charge in [0.25, 0.3) is 0 Å². The van der Waals surface area contributed by atoms with E-state index in [2.05, 4.69) is 15.9 Å². The predicted octanol–water partition coefficient (Wildman–Crippen LogP) is 2.23. The van der Waals surface area contributed by atoms with E-state index in [0.717, 1.165) is 28.8 Å². The van der Waals surface area contributed by atoms with Crippen LogP contribution in [0.2, 0.25) is 0 Å². The molecule has 1 aromatic rings. The lowest BCUT2D eigenvalue weighted by Gasteiger charge is -2.18. The highest BCUT2D eigenvalue weighted by Gasteiger charge is 2.29. The van der Waals surface area contributed by atoms with Crippen LogP contribution in [-0.2, 0) is 11.2 Å². The second-order valence-electron chi connectivity index (χ2n) is 5.26. The fourth-order valence-corrected chi connectivity index (χ4v) is 2.98. The molecule has 1 saturated heterocycles. The summed E-state index contributed by atoms with van der Waals surface area (Å²) in [4.78, 5) is 14.2. The SMILES string of the molecule is COc1ccc(Br)cc1CC(=O)N1CCC(C(C)O)C1. The molecule has 110 valence electrons. The number of aliphatic hydroxyl groups is 1. The van der Waals surface area contributed by atoms with Crippen molar-refractivity contribution in [2.45, 2.75) is 25.9 Å². The highest BCUT2D eigenvalue weighted by Crippen LogP contribution is 2.25. The van der Waals surface area contributed by atoms with Crippen LogP contribution in [-0.4, -0.2) is 42.2 Å². The van der Waals surface area contributed by atoms with E-state index in [4.69, 9.17) is 4.74 Å². The smallest absolute Gasteiger partial charge is 0.227 e. The molecule has 0 saturated carbocycles. The van der Waals surface area contributed by atoms with Crippen LogP contribution in [0.4, 0.5) is 0 Å². The van der Waals surface area contributed by atoms with Gasteiger partial charge >= 0.3 is 0 Å². The molecule has 5 heteroatoms. The van der Waals surface area contributed by atoms with Crippen LogP contribution in [0.25, 0.3) is 0 Å². The number of ether oxygens (including phenoxy) is 1. The molecule has 1 amide bonds. The topological polar surface area (TPSA) is 49.8 Å². The number of amides is 1. The average molecular weight is 342 g/mol. The number of hydrogen-bond donors (Lipinski definition) is 1. The molecular formula is C15H20BrNO3. The first kappa shape index (κ1) is 15.3. The first-order valence-corrected chi connectivity index (χ1v) is 7.59. The molecule has 1 aliphatic heterocycles. The molecule has 1 fully saturated rings. The summed E-state index contributed by atoms with van der Waals surface area (Å²) in [6, 6.07) is 5.67. The van der Waals surface area contributed by atoms with Crippen LogP contribution >= 0.6 is 15.9 Å². The first-order chi connectivity index (χ1) is 9.51. The number of halogens is 1. The molecule has 0 bridgehead atoms. The van der Waals surface area contributed by atoms with Crippen molar-refractivity contribution in [3.05, 3.63) is 28.2 Å². The van der Waals surface area contributed by atoms with Crippen molar-refractivity contribution in [3.8, 4) is 5.75 Å². The van der Waals surface area contributed by atoms with Gasteiger partial charge in [0.2, 0.25) is 5.91 Å². The van der Waals surface area contributed by atoms with Gasteiger partial charge in [-0.2, -0.15) is 0 Å². The quantitative estimate of drug-likeness (QED) is 0.913. The molecule has 1 N–H and O–H groups in total. The Morgan fingerprint density at radius 3 is 2.95 bits per heavy atom. The summed E-state index contributed by atoms with van der Waals surface area (Å²) >= 11 is 3.41. The average Bonchev–Trinajstić information content (AvgIpc) is 2.89. The van der Waals surface area contributed by atoms with E-state index < -0.39 is 0 Å². The number of methoxy groups -OCH3 is 1. The van der Waals surface area contributed by atoms with Crippen molar-refractivity contribution in [3.63, 3.8) is 0 Å². The summed E-state index contributed by atoms with van der Waals surface area (Å²) < 4.78 is 6.23. The van der Waals surface area contributed by atoms with Crippen LogP contribution in [0.1, 0.15) is 18.9 Å². The summed E-state index contributed by atoms with van der Waals surface area (Å²) in [6.07, 6.45) is 0.849. The van der Waals surface area contributed by atoms with Gasteiger partial charge in [-0.25, -0.2) is 0 Å². The number of hydrogen-bond acceptors (Lipinski definition) is 3. The molecular weight excluding hydrogens is 322 g/mol. The monoisotopic (exact) mass is 341 g/mol. The molecule has 1 aromatic carbocycles. The number of nitrogens with zero attached hydrogens (tertiary/aromatic N) is 1. The van der Waals surface area contributed by atoms with E-state index in [0.29, 0.717) is 13.0 Å². The molecule has 2 unspecified atom stereocenters. The normalized spacial score (nSPS) is 20.0. The summed E-state index contributed by atoms with van der Waals surface area (Å²) in [7, 11) is 1.61. The molecule has 2 atom stereocenters. The Hall–Kier alpha value is -1.07. The summed E-state index contributed by atoms with van der Waals surface area (Å²) in [6.45, 7) is 3.16.